The van der Waals surface area contributed by atoms with Crippen LogP contribution >= 0.6 is 0 Å². The summed E-state index contributed by atoms with van der Waals surface area (Å²) in [7, 11) is 0. The van der Waals surface area contributed by atoms with Gasteiger partial charge < -0.3 is 0 Å². The van der Waals surface area contributed by atoms with Crippen LogP contribution in [0.4, 0.5) is 0 Å². The lowest BCUT2D eigenvalue weighted by atomic mass is 9.75. The molecule has 1 aliphatic carbocycles. The normalized spacial score (nSPS) is 20.1. The molecule has 6 nitrogen and oxygen atoms in total. The largest absolute Gasteiger partial charge is 0.346 e. The molecule has 0 aromatic carbocycles. The van der Waals surface area contributed by atoms with E-state index in [-0.39, 0.29) is 23.8 Å². The minimum atomic E-state index is -0.466. The van der Waals surface area contributed by atoms with Crippen molar-refractivity contribution in [3.8, 4) is 0 Å². The number of allylic oxidation sites excluding steroid dienone is 2. The fourth-order valence-corrected chi connectivity index (χ4v) is 4.34. The van der Waals surface area contributed by atoms with E-state index < -0.39 is 11.2 Å². The summed E-state index contributed by atoms with van der Waals surface area (Å²) in [6, 6.07) is 0. The summed E-state index contributed by atoms with van der Waals surface area (Å²) in [6.45, 7) is 13.9. The summed E-state index contributed by atoms with van der Waals surface area (Å²) in [6.07, 6.45) is 19.5. The average molecular weight is 525 g/mol. The summed E-state index contributed by atoms with van der Waals surface area (Å²) in [5.74, 6) is 0.0303. The van der Waals surface area contributed by atoms with Crippen molar-refractivity contribution >= 4 is 11.9 Å². The third-order valence-corrected chi connectivity index (χ3v) is 7.77. The van der Waals surface area contributed by atoms with Crippen LogP contribution in [0.3, 0.4) is 0 Å². The first kappa shape index (κ1) is 33.6. The summed E-state index contributed by atoms with van der Waals surface area (Å²) in [4.78, 5) is 45.8. The second-order valence-corrected chi connectivity index (χ2v) is 12.1. The van der Waals surface area contributed by atoms with Crippen molar-refractivity contribution in [2.45, 2.75) is 156 Å². The third kappa shape index (κ3) is 14.9. The second-order valence-electron chi connectivity index (χ2n) is 12.1. The van der Waals surface area contributed by atoms with E-state index in [0.29, 0.717) is 12.3 Å². The Balaban J connectivity index is 2.38. The molecule has 0 spiro atoms. The molecule has 0 aromatic rings. The predicted octanol–water partition coefficient (Wildman–Crippen LogP) is 8.82. The van der Waals surface area contributed by atoms with Gasteiger partial charge in [0, 0.05) is 6.42 Å². The number of hydrogen-bond donors (Lipinski definition) is 0. The number of hydrogen-bond acceptors (Lipinski definition) is 6. The Hall–Kier alpha value is -1.40. The Kier molecular flexibility index (Phi) is 16.3. The van der Waals surface area contributed by atoms with Gasteiger partial charge in [0.1, 0.15) is 11.2 Å². The monoisotopic (exact) mass is 524 g/mol. The Morgan fingerprint density at radius 2 is 1.30 bits per heavy atom. The lowest BCUT2D eigenvalue weighted by Crippen LogP contribution is -2.33. The maximum absolute atomic E-state index is 13.0. The van der Waals surface area contributed by atoms with E-state index in [4.69, 9.17) is 19.6 Å². The van der Waals surface area contributed by atoms with Gasteiger partial charge in [-0.25, -0.2) is 9.59 Å². The summed E-state index contributed by atoms with van der Waals surface area (Å²) < 4.78 is 0. The molecule has 0 saturated heterocycles. The van der Waals surface area contributed by atoms with Gasteiger partial charge >= 0.3 is 11.9 Å². The number of carbonyl (C=O) groups is 2. The van der Waals surface area contributed by atoms with Crippen molar-refractivity contribution in [2.75, 3.05) is 0 Å². The average Bonchev–Trinajstić information content (AvgIpc) is 2.88. The van der Waals surface area contributed by atoms with Gasteiger partial charge in [0.05, 0.1) is 5.92 Å². The van der Waals surface area contributed by atoms with Crippen molar-refractivity contribution in [3.05, 3.63) is 12.2 Å². The van der Waals surface area contributed by atoms with Crippen molar-refractivity contribution in [2.24, 2.45) is 17.8 Å². The molecule has 0 N–H and O–H groups in total. The molecule has 0 heterocycles. The van der Waals surface area contributed by atoms with Gasteiger partial charge in [-0.3, -0.25) is 9.78 Å². The maximum atomic E-state index is 13.0. The molecule has 0 aliphatic heterocycles. The minimum Gasteiger partial charge on any atom is -0.298 e. The minimum absolute atomic E-state index is 0.129. The predicted molar refractivity (Wildman–Crippen MR) is 148 cm³/mol. The molecule has 1 rings (SSSR count). The van der Waals surface area contributed by atoms with Crippen LogP contribution < -0.4 is 0 Å². The first-order valence-corrected chi connectivity index (χ1v) is 15.0. The second kappa shape index (κ2) is 18.0. The molecule has 0 aromatic heterocycles. The van der Waals surface area contributed by atoms with Crippen molar-refractivity contribution in [1.82, 2.24) is 0 Å². The Bertz CT molecular complexity index is 669. The van der Waals surface area contributed by atoms with Crippen LogP contribution in [0.25, 0.3) is 0 Å². The molecule has 37 heavy (non-hydrogen) atoms. The number of rotatable bonds is 20. The molecule has 3 atom stereocenters. The van der Waals surface area contributed by atoms with Gasteiger partial charge in [0.25, 0.3) is 0 Å². The summed E-state index contributed by atoms with van der Waals surface area (Å²) >= 11 is 0. The van der Waals surface area contributed by atoms with Crippen LogP contribution in [-0.2, 0) is 29.1 Å². The Labute approximate surface area is 227 Å². The van der Waals surface area contributed by atoms with E-state index in [0.717, 1.165) is 70.6 Å². The molecule has 0 bridgehead atoms. The maximum Gasteiger partial charge on any atom is 0.346 e. The smallest absolute Gasteiger partial charge is 0.298 e. The van der Waals surface area contributed by atoms with Crippen LogP contribution in [-0.4, -0.2) is 23.1 Å². The molecule has 0 fully saturated rings. The third-order valence-electron chi connectivity index (χ3n) is 7.77. The Morgan fingerprint density at radius 3 is 1.92 bits per heavy atom. The van der Waals surface area contributed by atoms with Gasteiger partial charge in [0.2, 0.25) is 0 Å². The first-order chi connectivity index (χ1) is 17.5. The lowest BCUT2D eigenvalue weighted by molar-refractivity contribution is -0.329. The zero-order valence-electron chi connectivity index (χ0n) is 24.9. The molecule has 0 saturated carbocycles. The highest BCUT2D eigenvalue weighted by molar-refractivity contribution is 5.72. The SMILES string of the molecule is CCCCCC1C=CC(CCCCCCCCC(=O)OOC(C)(C)CC)C(C(=O)OOC(C)(C)CC)C1. The summed E-state index contributed by atoms with van der Waals surface area (Å²) in [5, 5.41) is 0. The van der Waals surface area contributed by atoms with Gasteiger partial charge in [-0.1, -0.05) is 84.3 Å². The van der Waals surface area contributed by atoms with E-state index in [1.54, 1.807) is 0 Å². The van der Waals surface area contributed by atoms with Crippen LogP contribution in [0.1, 0.15) is 145 Å². The standard InChI is InChI=1S/C31H56O6/c1-8-11-16-19-25-22-23-26(27(24-25)29(33)35-37-31(6,7)10-3)20-17-14-12-13-15-18-21-28(32)34-36-30(4,5)9-2/h22-23,25-27H,8-21,24H2,1-7H3. The highest BCUT2D eigenvalue weighted by atomic mass is 17.2. The van der Waals surface area contributed by atoms with Crippen molar-refractivity contribution < 1.29 is 29.1 Å². The summed E-state index contributed by atoms with van der Waals surface area (Å²) in [5.41, 5.74) is -0.903. The van der Waals surface area contributed by atoms with Crippen LogP contribution in [0, 0.1) is 17.8 Å². The van der Waals surface area contributed by atoms with Crippen LogP contribution in [0.5, 0.6) is 0 Å². The van der Waals surface area contributed by atoms with E-state index in [2.05, 4.69) is 19.1 Å². The molecule has 3 unspecified atom stereocenters. The highest BCUT2D eigenvalue weighted by Crippen LogP contribution is 2.35. The van der Waals surface area contributed by atoms with Gasteiger partial charge in [-0.2, -0.15) is 9.78 Å². The van der Waals surface area contributed by atoms with Crippen molar-refractivity contribution in [3.63, 3.8) is 0 Å². The zero-order valence-corrected chi connectivity index (χ0v) is 24.9. The molecular formula is C31H56O6. The molecule has 1 aliphatic rings. The molecular weight excluding hydrogens is 468 g/mol. The first-order valence-electron chi connectivity index (χ1n) is 15.0. The topological polar surface area (TPSA) is 71.1 Å². The molecule has 216 valence electrons. The number of carbonyl (C=O) groups excluding carboxylic acids is 2. The van der Waals surface area contributed by atoms with E-state index in [1.807, 2.05) is 41.5 Å². The lowest BCUT2D eigenvalue weighted by Gasteiger charge is -2.31. The fourth-order valence-electron chi connectivity index (χ4n) is 4.34. The zero-order chi connectivity index (χ0) is 27.7. The van der Waals surface area contributed by atoms with Crippen LogP contribution in [0.15, 0.2) is 12.2 Å². The van der Waals surface area contributed by atoms with Gasteiger partial charge in [-0.05, 0) is 78.1 Å². The van der Waals surface area contributed by atoms with Crippen molar-refractivity contribution in [1.29, 1.82) is 0 Å². The highest BCUT2D eigenvalue weighted by Gasteiger charge is 2.34. The van der Waals surface area contributed by atoms with Crippen LogP contribution in [0.2, 0.25) is 0 Å². The quantitative estimate of drug-likeness (QED) is 0.0685. The molecule has 6 heteroatoms. The van der Waals surface area contributed by atoms with Gasteiger partial charge in [0.15, 0.2) is 0 Å². The fraction of sp³-hybridized carbons (Fsp3) is 0.871. The van der Waals surface area contributed by atoms with E-state index >= 15 is 0 Å². The van der Waals surface area contributed by atoms with Gasteiger partial charge in [-0.15, -0.1) is 0 Å². The van der Waals surface area contributed by atoms with E-state index in [1.165, 1.54) is 19.3 Å². The molecule has 0 radical (unpaired) electrons. The van der Waals surface area contributed by atoms with E-state index in [9.17, 15) is 9.59 Å². The molecule has 0 amide bonds. The Morgan fingerprint density at radius 1 is 0.730 bits per heavy atom. The number of unbranched alkanes of at least 4 members (excludes halogenated alkanes) is 7.